The van der Waals surface area contributed by atoms with Gasteiger partial charge in [0.1, 0.15) is 0 Å². The van der Waals surface area contributed by atoms with Crippen molar-refractivity contribution in [3.63, 3.8) is 0 Å². The van der Waals surface area contributed by atoms with Crippen molar-refractivity contribution in [3.8, 4) is 11.4 Å². The Kier molecular flexibility index (Phi) is 4.37. The molecule has 0 aliphatic carbocycles. The van der Waals surface area contributed by atoms with Crippen LogP contribution >= 0.6 is 11.6 Å². The maximum absolute atomic E-state index is 6.05. The number of nitrogens with zero attached hydrogens (tertiary/aromatic N) is 4. The number of anilines is 1. The Morgan fingerprint density at radius 3 is 2.84 bits per heavy atom. The molecule has 5 nitrogen and oxygen atoms in total. The van der Waals surface area contributed by atoms with E-state index in [9.17, 15) is 0 Å². The van der Waals surface area contributed by atoms with Gasteiger partial charge in [0.2, 0.25) is 0 Å². The first-order valence-electron chi connectivity index (χ1n) is 6.51. The number of nitrogen functional groups attached to an aromatic ring is 1. The van der Waals surface area contributed by atoms with Crippen LogP contribution in [0.4, 0.5) is 5.69 Å². The summed E-state index contributed by atoms with van der Waals surface area (Å²) in [7, 11) is 0. The van der Waals surface area contributed by atoms with Crippen molar-refractivity contribution >= 4 is 17.3 Å². The molecule has 1 unspecified atom stereocenters. The highest BCUT2D eigenvalue weighted by molar-refractivity contribution is 6.33. The normalized spacial score (nSPS) is 12.6. The first-order valence-corrected chi connectivity index (χ1v) is 6.89. The quantitative estimate of drug-likeness (QED) is 0.852. The van der Waals surface area contributed by atoms with Gasteiger partial charge >= 0.3 is 0 Å². The van der Waals surface area contributed by atoms with Crippen molar-refractivity contribution in [2.75, 3.05) is 5.73 Å². The number of hydrogen-bond donors (Lipinski definition) is 1. The van der Waals surface area contributed by atoms with E-state index in [4.69, 9.17) is 17.3 Å². The second-order valence-electron chi connectivity index (χ2n) is 4.50. The van der Waals surface area contributed by atoms with E-state index in [1.54, 1.807) is 6.07 Å². The summed E-state index contributed by atoms with van der Waals surface area (Å²) in [6.07, 6.45) is 3.10. The topological polar surface area (TPSA) is 69.6 Å². The number of para-hydroxylation sites is 1. The molecule has 0 fully saturated rings. The van der Waals surface area contributed by atoms with Crippen LogP contribution in [0.15, 0.2) is 18.2 Å². The van der Waals surface area contributed by atoms with Crippen LogP contribution < -0.4 is 5.73 Å². The first kappa shape index (κ1) is 13.8. The number of aromatic nitrogens is 4. The lowest BCUT2D eigenvalue weighted by Gasteiger charge is -2.16. The Balaban J connectivity index is 2.46. The molecule has 1 aromatic heterocycles. The molecule has 19 heavy (non-hydrogen) atoms. The average Bonchev–Trinajstić information content (AvgIpc) is 2.88. The minimum Gasteiger partial charge on any atom is -0.397 e. The Labute approximate surface area is 117 Å². The summed E-state index contributed by atoms with van der Waals surface area (Å²) in [4.78, 5) is 0. The van der Waals surface area contributed by atoms with Gasteiger partial charge in [-0.05, 0) is 35.4 Å². The van der Waals surface area contributed by atoms with Gasteiger partial charge in [-0.1, -0.05) is 37.9 Å². The molecule has 102 valence electrons. The zero-order valence-corrected chi connectivity index (χ0v) is 11.9. The van der Waals surface area contributed by atoms with Crippen molar-refractivity contribution in [2.45, 2.75) is 39.2 Å². The van der Waals surface area contributed by atoms with E-state index in [2.05, 4.69) is 29.4 Å². The standard InChI is InChI=1S/C13H18ClN5/c1-3-6-9(4-2)19-13(16-17-18-19)10-7-5-8-11(14)12(10)15/h5,7-9H,3-4,6,15H2,1-2H3. The second-order valence-corrected chi connectivity index (χ2v) is 4.91. The summed E-state index contributed by atoms with van der Waals surface area (Å²) in [6, 6.07) is 5.79. The molecular weight excluding hydrogens is 262 g/mol. The monoisotopic (exact) mass is 279 g/mol. The smallest absolute Gasteiger partial charge is 0.184 e. The van der Waals surface area contributed by atoms with Crippen LogP contribution in [0.3, 0.4) is 0 Å². The highest BCUT2D eigenvalue weighted by atomic mass is 35.5. The number of nitrogens with two attached hydrogens (primary N) is 1. The van der Waals surface area contributed by atoms with Crippen molar-refractivity contribution in [1.82, 2.24) is 20.2 Å². The van der Waals surface area contributed by atoms with Crippen molar-refractivity contribution < 1.29 is 0 Å². The fraction of sp³-hybridized carbons (Fsp3) is 0.462. The molecule has 1 heterocycles. The first-order chi connectivity index (χ1) is 9.19. The predicted octanol–water partition coefficient (Wildman–Crippen LogP) is 3.33. The van der Waals surface area contributed by atoms with Gasteiger partial charge in [0.15, 0.2) is 5.82 Å². The number of tetrazole rings is 1. The summed E-state index contributed by atoms with van der Waals surface area (Å²) in [5, 5.41) is 12.5. The predicted molar refractivity (Wildman–Crippen MR) is 76.9 cm³/mol. The molecule has 1 aromatic carbocycles. The largest absolute Gasteiger partial charge is 0.397 e. The van der Waals surface area contributed by atoms with Crippen LogP contribution in [0.2, 0.25) is 5.02 Å². The minimum absolute atomic E-state index is 0.286. The molecule has 2 rings (SSSR count). The summed E-state index contributed by atoms with van der Waals surface area (Å²) in [5.74, 6) is 0.681. The molecule has 0 saturated heterocycles. The highest BCUT2D eigenvalue weighted by Crippen LogP contribution is 2.31. The van der Waals surface area contributed by atoms with Crippen LogP contribution in [0.1, 0.15) is 39.2 Å². The van der Waals surface area contributed by atoms with E-state index in [0.29, 0.717) is 16.5 Å². The fourth-order valence-corrected chi connectivity index (χ4v) is 2.36. The van der Waals surface area contributed by atoms with Crippen LogP contribution in [0.5, 0.6) is 0 Å². The van der Waals surface area contributed by atoms with Gasteiger partial charge < -0.3 is 5.73 Å². The molecular formula is C13H18ClN5. The number of halogens is 1. The van der Waals surface area contributed by atoms with Crippen molar-refractivity contribution in [2.24, 2.45) is 0 Å². The lowest BCUT2D eigenvalue weighted by molar-refractivity contribution is 0.404. The third-order valence-electron chi connectivity index (χ3n) is 3.23. The Hall–Kier alpha value is -1.62. The van der Waals surface area contributed by atoms with E-state index >= 15 is 0 Å². The van der Waals surface area contributed by atoms with Gasteiger partial charge in [-0.3, -0.25) is 0 Å². The lowest BCUT2D eigenvalue weighted by Crippen LogP contribution is -2.12. The Bertz CT molecular complexity index is 552. The third kappa shape index (κ3) is 2.71. The molecule has 0 radical (unpaired) electrons. The van der Waals surface area contributed by atoms with Gasteiger partial charge in [-0.15, -0.1) is 5.10 Å². The summed E-state index contributed by atoms with van der Waals surface area (Å²) in [5.41, 5.74) is 7.32. The van der Waals surface area contributed by atoms with Crippen LogP contribution in [0.25, 0.3) is 11.4 Å². The highest BCUT2D eigenvalue weighted by Gasteiger charge is 2.18. The molecule has 1 atom stereocenters. The molecule has 0 aliphatic rings. The van der Waals surface area contributed by atoms with E-state index < -0.39 is 0 Å². The van der Waals surface area contributed by atoms with Crippen molar-refractivity contribution in [3.05, 3.63) is 23.2 Å². The Morgan fingerprint density at radius 2 is 2.16 bits per heavy atom. The van der Waals surface area contributed by atoms with Crippen LogP contribution in [0, 0.1) is 0 Å². The molecule has 0 saturated carbocycles. The van der Waals surface area contributed by atoms with Crippen molar-refractivity contribution in [1.29, 1.82) is 0 Å². The summed E-state index contributed by atoms with van der Waals surface area (Å²) in [6.45, 7) is 4.29. The molecule has 2 N–H and O–H groups in total. The summed E-state index contributed by atoms with van der Waals surface area (Å²) < 4.78 is 1.85. The number of hydrogen-bond acceptors (Lipinski definition) is 4. The van der Waals surface area contributed by atoms with Gasteiger partial charge in [-0.2, -0.15) is 0 Å². The third-order valence-corrected chi connectivity index (χ3v) is 3.56. The van der Waals surface area contributed by atoms with Crippen LogP contribution in [-0.4, -0.2) is 20.2 Å². The summed E-state index contributed by atoms with van der Waals surface area (Å²) >= 11 is 6.05. The molecule has 0 amide bonds. The number of rotatable bonds is 5. The molecule has 6 heteroatoms. The number of benzene rings is 1. The zero-order chi connectivity index (χ0) is 13.8. The minimum atomic E-state index is 0.286. The fourth-order valence-electron chi connectivity index (χ4n) is 2.18. The van der Waals surface area contributed by atoms with Crippen LogP contribution in [-0.2, 0) is 0 Å². The van der Waals surface area contributed by atoms with E-state index in [1.165, 1.54) is 0 Å². The zero-order valence-electron chi connectivity index (χ0n) is 11.2. The molecule has 0 spiro atoms. The molecule has 0 aliphatic heterocycles. The SMILES string of the molecule is CCCC(CC)n1nnnc1-c1cccc(Cl)c1N. The molecule has 2 aromatic rings. The van der Waals surface area contributed by atoms with E-state index in [0.717, 1.165) is 24.8 Å². The van der Waals surface area contributed by atoms with Gasteiger partial charge in [0.05, 0.1) is 16.8 Å². The lowest BCUT2D eigenvalue weighted by atomic mass is 10.1. The second kappa shape index (κ2) is 6.02. The maximum Gasteiger partial charge on any atom is 0.184 e. The van der Waals surface area contributed by atoms with E-state index in [-0.39, 0.29) is 6.04 Å². The average molecular weight is 280 g/mol. The van der Waals surface area contributed by atoms with Gasteiger partial charge in [0, 0.05) is 5.56 Å². The van der Waals surface area contributed by atoms with E-state index in [1.807, 2.05) is 16.8 Å². The molecule has 0 bridgehead atoms. The Morgan fingerprint density at radius 1 is 1.37 bits per heavy atom. The van der Waals surface area contributed by atoms with Gasteiger partial charge in [0.25, 0.3) is 0 Å². The van der Waals surface area contributed by atoms with Gasteiger partial charge in [-0.25, -0.2) is 4.68 Å². The maximum atomic E-state index is 6.05.